The Kier molecular flexibility index (Phi) is 3.94. The van der Waals surface area contributed by atoms with Gasteiger partial charge in [0.2, 0.25) is 0 Å². The Balaban J connectivity index is 3.10. The molecule has 0 aliphatic rings. The van der Waals surface area contributed by atoms with Crippen molar-refractivity contribution in [3.8, 4) is 6.07 Å². The van der Waals surface area contributed by atoms with Gasteiger partial charge in [0.25, 0.3) is 0 Å². The molecular formula is C11H12F3N3. The third-order valence-corrected chi connectivity index (χ3v) is 2.47. The number of rotatable bonds is 3. The molecule has 0 saturated heterocycles. The summed E-state index contributed by atoms with van der Waals surface area (Å²) in [4.78, 5) is 5.11. The van der Waals surface area contributed by atoms with Crippen LogP contribution in [0.4, 0.5) is 19.0 Å². The van der Waals surface area contributed by atoms with Crippen molar-refractivity contribution in [2.75, 3.05) is 11.9 Å². The second kappa shape index (κ2) is 5.04. The highest BCUT2D eigenvalue weighted by atomic mass is 19.4. The molecule has 1 aromatic rings. The predicted octanol–water partition coefficient (Wildman–Crippen LogP) is 2.84. The molecule has 0 N–H and O–H groups in total. The van der Waals surface area contributed by atoms with Crippen molar-refractivity contribution in [1.29, 1.82) is 5.26 Å². The average molecular weight is 243 g/mol. The molecule has 0 radical (unpaired) electrons. The quantitative estimate of drug-likeness (QED) is 0.819. The van der Waals surface area contributed by atoms with Crippen molar-refractivity contribution in [3.63, 3.8) is 0 Å². The summed E-state index contributed by atoms with van der Waals surface area (Å²) in [5.41, 5.74) is -0.785. The lowest BCUT2D eigenvalue weighted by atomic mass is 10.2. The Hall–Kier alpha value is -1.77. The van der Waals surface area contributed by atoms with Crippen molar-refractivity contribution >= 4 is 5.82 Å². The Bertz CT molecular complexity index is 423. The standard InChI is InChI=1S/C11H12F3N3/c1-8(5-6-15)17(2)10-9(11(12,13)14)4-3-7-16-10/h3-4,7-8H,5H2,1-2H3. The van der Waals surface area contributed by atoms with Crippen LogP contribution >= 0.6 is 0 Å². The molecule has 0 saturated carbocycles. The molecule has 1 unspecified atom stereocenters. The van der Waals surface area contributed by atoms with Gasteiger partial charge in [-0.3, -0.25) is 0 Å². The van der Waals surface area contributed by atoms with Crippen LogP contribution in [0, 0.1) is 11.3 Å². The topological polar surface area (TPSA) is 39.9 Å². The van der Waals surface area contributed by atoms with Crippen LogP contribution < -0.4 is 4.90 Å². The lowest BCUT2D eigenvalue weighted by molar-refractivity contribution is -0.137. The number of anilines is 1. The number of alkyl halides is 3. The zero-order chi connectivity index (χ0) is 13.1. The molecule has 1 atom stereocenters. The number of nitriles is 1. The maximum absolute atomic E-state index is 12.7. The zero-order valence-corrected chi connectivity index (χ0v) is 9.49. The molecule has 0 fully saturated rings. The molecule has 1 heterocycles. The summed E-state index contributed by atoms with van der Waals surface area (Å²) in [5, 5.41) is 8.54. The molecule has 0 bridgehead atoms. The second-order valence-electron chi connectivity index (χ2n) is 3.69. The van der Waals surface area contributed by atoms with Gasteiger partial charge in [-0.25, -0.2) is 4.98 Å². The van der Waals surface area contributed by atoms with Crippen LogP contribution in [-0.2, 0) is 6.18 Å². The zero-order valence-electron chi connectivity index (χ0n) is 9.49. The first kappa shape index (κ1) is 13.3. The Morgan fingerprint density at radius 3 is 2.71 bits per heavy atom. The summed E-state index contributed by atoms with van der Waals surface area (Å²) in [6, 6.07) is 3.83. The Morgan fingerprint density at radius 2 is 2.18 bits per heavy atom. The lowest BCUT2D eigenvalue weighted by Crippen LogP contribution is -2.31. The SMILES string of the molecule is CC(CC#N)N(C)c1ncccc1C(F)(F)F. The van der Waals surface area contributed by atoms with Gasteiger partial charge in [0.15, 0.2) is 0 Å². The van der Waals surface area contributed by atoms with E-state index in [9.17, 15) is 13.2 Å². The van der Waals surface area contributed by atoms with E-state index in [1.165, 1.54) is 24.2 Å². The van der Waals surface area contributed by atoms with Gasteiger partial charge in [0, 0.05) is 19.3 Å². The van der Waals surface area contributed by atoms with E-state index >= 15 is 0 Å². The van der Waals surface area contributed by atoms with Crippen molar-refractivity contribution in [2.24, 2.45) is 0 Å². The molecular weight excluding hydrogens is 231 g/mol. The Morgan fingerprint density at radius 1 is 1.53 bits per heavy atom. The van der Waals surface area contributed by atoms with Gasteiger partial charge in [-0.2, -0.15) is 18.4 Å². The molecule has 0 amide bonds. The lowest BCUT2D eigenvalue weighted by Gasteiger charge is -2.26. The van der Waals surface area contributed by atoms with Crippen molar-refractivity contribution in [1.82, 2.24) is 4.98 Å². The van der Waals surface area contributed by atoms with Gasteiger partial charge in [-0.15, -0.1) is 0 Å². The number of hydrogen-bond acceptors (Lipinski definition) is 3. The van der Waals surface area contributed by atoms with Gasteiger partial charge < -0.3 is 4.90 Å². The van der Waals surface area contributed by atoms with E-state index in [0.29, 0.717) is 0 Å². The Labute approximate surface area is 97.5 Å². The van der Waals surface area contributed by atoms with Gasteiger partial charge in [0.05, 0.1) is 18.1 Å². The molecule has 3 nitrogen and oxygen atoms in total. The molecule has 0 aliphatic heterocycles. The van der Waals surface area contributed by atoms with Crippen LogP contribution in [0.25, 0.3) is 0 Å². The second-order valence-corrected chi connectivity index (χ2v) is 3.69. The van der Waals surface area contributed by atoms with Crippen LogP contribution in [0.2, 0.25) is 0 Å². The number of halogens is 3. The van der Waals surface area contributed by atoms with Gasteiger partial charge in [-0.05, 0) is 19.1 Å². The summed E-state index contributed by atoms with van der Waals surface area (Å²) in [5.74, 6) is -0.150. The summed E-state index contributed by atoms with van der Waals surface area (Å²) in [6.07, 6.45) is -2.99. The summed E-state index contributed by atoms with van der Waals surface area (Å²) >= 11 is 0. The number of nitrogens with zero attached hydrogens (tertiary/aromatic N) is 3. The van der Waals surface area contributed by atoms with Crippen molar-refractivity contribution in [3.05, 3.63) is 23.9 Å². The number of aromatic nitrogens is 1. The minimum absolute atomic E-state index is 0.143. The van der Waals surface area contributed by atoms with E-state index in [4.69, 9.17) is 5.26 Å². The molecule has 0 aliphatic carbocycles. The molecule has 6 heteroatoms. The van der Waals surface area contributed by atoms with E-state index in [1.807, 2.05) is 6.07 Å². The highest BCUT2D eigenvalue weighted by molar-refractivity contribution is 5.48. The third kappa shape index (κ3) is 3.09. The van der Waals surface area contributed by atoms with E-state index in [1.54, 1.807) is 6.92 Å². The minimum Gasteiger partial charge on any atom is -0.355 e. The number of pyridine rings is 1. The first-order chi connectivity index (χ1) is 7.88. The van der Waals surface area contributed by atoms with Crippen LogP contribution in [-0.4, -0.2) is 18.1 Å². The first-order valence-electron chi connectivity index (χ1n) is 5.00. The fourth-order valence-corrected chi connectivity index (χ4v) is 1.38. The van der Waals surface area contributed by atoms with Gasteiger partial charge in [0.1, 0.15) is 5.82 Å². The van der Waals surface area contributed by atoms with Crippen LogP contribution in [0.1, 0.15) is 18.9 Å². The van der Waals surface area contributed by atoms with Crippen LogP contribution in [0.3, 0.4) is 0 Å². The van der Waals surface area contributed by atoms with E-state index in [0.717, 1.165) is 6.07 Å². The van der Waals surface area contributed by atoms with E-state index < -0.39 is 11.7 Å². The molecule has 1 aromatic heterocycles. The largest absolute Gasteiger partial charge is 0.419 e. The molecule has 1 rings (SSSR count). The minimum atomic E-state index is -4.44. The summed E-state index contributed by atoms with van der Waals surface area (Å²) < 4.78 is 38.2. The fraction of sp³-hybridized carbons (Fsp3) is 0.455. The van der Waals surface area contributed by atoms with Crippen molar-refractivity contribution in [2.45, 2.75) is 25.6 Å². The van der Waals surface area contributed by atoms with Gasteiger partial charge in [-0.1, -0.05) is 0 Å². The van der Waals surface area contributed by atoms with Crippen LogP contribution in [0.15, 0.2) is 18.3 Å². The number of hydrogen-bond donors (Lipinski definition) is 0. The van der Waals surface area contributed by atoms with Crippen molar-refractivity contribution < 1.29 is 13.2 Å². The summed E-state index contributed by atoms with van der Waals surface area (Å²) in [6.45, 7) is 1.68. The van der Waals surface area contributed by atoms with E-state index in [2.05, 4.69) is 4.98 Å². The summed E-state index contributed by atoms with van der Waals surface area (Å²) in [7, 11) is 1.50. The highest BCUT2D eigenvalue weighted by Gasteiger charge is 2.35. The highest BCUT2D eigenvalue weighted by Crippen LogP contribution is 2.35. The molecule has 92 valence electrons. The van der Waals surface area contributed by atoms with Gasteiger partial charge >= 0.3 is 6.18 Å². The predicted molar refractivity (Wildman–Crippen MR) is 57.3 cm³/mol. The van der Waals surface area contributed by atoms with E-state index in [-0.39, 0.29) is 18.3 Å². The van der Waals surface area contributed by atoms with Crippen LogP contribution in [0.5, 0.6) is 0 Å². The smallest absolute Gasteiger partial charge is 0.355 e. The fourth-order valence-electron chi connectivity index (χ4n) is 1.38. The normalized spacial score (nSPS) is 12.9. The molecule has 0 aromatic carbocycles. The maximum Gasteiger partial charge on any atom is 0.419 e. The average Bonchev–Trinajstić information content (AvgIpc) is 2.27. The maximum atomic E-state index is 12.7. The molecule has 0 spiro atoms. The first-order valence-corrected chi connectivity index (χ1v) is 5.00. The molecule has 17 heavy (non-hydrogen) atoms. The monoisotopic (exact) mass is 243 g/mol. The third-order valence-electron chi connectivity index (χ3n) is 2.47.